The highest BCUT2D eigenvalue weighted by atomic mass is 32.2. The van der Waals surface area contributed by atoms with Gasteiger partial charge in [0.15, 0.2) is 0 Å². The highest BCUT2D eigenvalue weighted by Gasteiger charge is 2.17. The molecule has 0 atom stereocenters. The van der Waals surface area contributed by atoms with Crippen molar-refractivity contribution in [2.45, 2.75) is 4.34 Å². The van der Waals surface area contributed by atoms with Gasteiger partial charge in [-0.1, -0.05) is 47.7 Å². The number of benzene rings is 2. The van der Waals surface area contributed by atoms with Crippen LogP contribution < -0.4 is 15.9 Å². The summed E-state index contributed by atoms with van der Waals surface area (Å²) in [6.45, 7) is 0. The number of primary sulfonamides is 1. The molecule has 4 rings (SSSR count). The average Bonchev–Trinajstić information content (AvgIpc) is 3.21. The monoisotopic (exact) mass is 387 g/mol. The van der Waals surface area contributed by atoms with Gasteiger partial charge in [-0.3, -0.25) is 0 Å². The Morgan fingerprint density at radius 3 is 2.08 bits per heavy atom. The third kappa shape index (κ3) is 3.06. The third-order valence-electron chi connectivity index (χ3n) is 3.77. The first-order chi connectivity index (χ1) is 12.4. The molecule has 10 heteroatoms. The molecule has 0 aliphatic rings. The second kappa shape index (κ2) is 6.18. The lowest BCUT2D eigenvalue weighted by molar-refractivity contribution is 0.334. The van der Waals surface area contributed by atoms with Crippen molar-refractivity contribution in [2.75, 3.05) is 0 Å². The zero-order chi connectivity index (χ0) is 18.3. The number of nitrogens with zero attached hydrogens (tertiary/aromatic N) is 3. The van der Waals surface area contributed by atoms with E-state index in [-0.39, 0.29) is 4.34 Å². The van der Waals surface area contributed by atoms with Gasteiger partial charge in [-0.15, -0.1) is 5.10 Å². The van der Waals surface area contributed by atoms with Crippen LogP contribution in [0.15, 0.2) is 59.1 Å². The number of hydrogen-bond acceptors (Lipinski definition) is 7. The Hall–Kier alpha value is -2.79. The van der Waals surface area contributed by atoms with Gasteiger partial charge in [-0.25, -0.2) is 23.1 Å². The molecule has 2 heterocycles. The summed E-state index contributed by atoms with van der Waals surface area (Å²) in [5, 5.41) is 9.03. The van der Waals surface area contributed by atoms with E-state index in [9.17, 15) is 8.42 Å². The van der Waals surface area contributed by atoms with Crippen LogP contribution in [0.4, 0.5) is 0 Å². The normalized spacial score (nSPS) is 11.8. The Labute approximate surface area is 152 Å². The van der Waals surface area contributed by atoms with Crippen molar-refractivity contribution in [1.82, 2.24) is 14.6 Å². The van der Waals surface area contributed by atoms with E-state index in [1.54, 1.807) is 18.3 Å². The van der Waals surface area contributed by atoms with E-state index in [0.29, 0.717) is 16.4 Å². The molecular weight excluding hydrogens is 374 g/mol. The molecule has 0 spiro atoms. The summed E-state index contributed by atoms with van der Waals surface area (Å²) in [6.07, 6.45) is 1.67. The van der Waals surface area contributed by atoms with Crippen molar-refractivity contribution in [3.05, 3.63) is 54.7 Å². The van der Waals surface area contributed by atoms with Gasteiger partial charge in [0.05, 0.1) is 11.9 Å². The number of rotatable bonds is 4. The van der Waals surface area contributed by atoms with E-state index < -0.39 is 10.0 Å². The number of hydrogen-bond donors (Lipinski definition) is 2. The second-order valence-corrected chi connectivity index (χ2v) is 8.18. The summed E-state index contributed by atoms with van der Waals surface area (Å²) in [5.74, 6) is 5.72. The van der Waals surface area contributed by atoms with Crippen LogP contribution in [0.25, 0.3) is 27.3 Å². The number of aromatic nitrogens is 3. The molecule has 2 aromatic heterocycles. The standard InChI is InChI=1S/C16H13N5O3S2/c17-24-13-7-5-11(6-8-13)10-1-3-12(4-2-10)14-9-21-15(19-14)25-16(20-21)26(18,22)23/h1-9H,17H2,(H2,18,22,23). The summed E-state index contributed by atoms with van der Waals surface area (Å²) >= 11 is 0.929. The van der Waals surface area contributed by atoms with E-state index in [4.69, 9.17) is 11.0 Å². The zero-order valence-corrected chi connectivity index (χ0v) is 14.9. The fourth-order valence-electron chi connectivity index (χ4n) is 2.50. The van der Waals surface area contributed by atoms with E-state index >= 15 is 0 Å². The number of sulfonamides is 1. The van der Waals surface area contributed by atoms with Gasteiger partial charge in [-0.2, -0.15) is 5.90 Å². The van der Waals surface area contributed by atoms with Gasteiger partial charge in [0.25, 0.3) is 10.0 Å². The van der Waals surface area contributed by atoms with E-state index in [1.165, 1.54) is 4.52 Å². The summed E-state index contributed by atoms with van der Waals surface area (Å²) in [4.78, 5) is 9.55. The topological polar surface area (TPSA) is 126 Å². The van der Waals surface area contributed by atoms with Crippen molar-refractivity contribution in [3.8, 4) is 28.1 Å². The molecule has 0 aliphatic heterocycles. The Bertz CT molecular complexity index is 1150. The average molecular weight is 387 g/mol. The summed E-state index contributed by atoms with van der Waals surface area (Å²) in [5.41, 5.74) is 3.66. The summed E-state index contributed by atoms with van der Waals surface area (Å²) in [7, 11) is -3.82. The molecule has 0 radical (unpaired) electrons. The lowest BCUT2D eigenvalue weighted by atomic mass is 10.0. The fourth-order valence-corrected chi connectivity index (χ4v) is 4.00. The molecule has 0 saturated carbocycles. The lowest BCUT2D eigenvalue weighted by Crippen LogP contribution is -2.12. The van der Waals surface area contributed by atoms with Gasteiger partial charge in [0, 0.05) is 5.56 Å². The van der Waals surface area contributed by atoms with E-state index in [0.717, 1.165) is 28.0 Å². The van der Waals surface area contributed by atoms with Crippen LogP contribution in [0, 0.1) is 0 Å². The van der Waals surface area contributed by atoms with Gasteiger partial charge in [-0.05, 0) is 23.3 Å². The third-order valence-corrected chi connectivity index (χ3v) is 6.00. The predicted molar refractivity (Wildman–Crippen MR) is 97.9 cm³/mol. The van der Waals surface area contributed by atoms with Crippen LogP contribution >= 0.6 is 11.3 Å². The largest absolute Gasteiger partial charge is 0.412 e. The molecule has 0 unspecified atom stereocenters. The maximum atomic E-state index is 11.3. The van der Waals surface area contributed by atoms with Crippen LogP contribution in [0.5, 0.6) is 5.75 Å². The Morgan fingerprint density at radius 2 is 1.54 bits per heavy atom. The van der Waals surface area contributed by atoms with Crippen molar-refractivity contribution in [2.24, 2.45) is 11.0 Å². The molecule has 0 amide bonds. The first-order valence-corrected chi connectivity index (χ1v) is 9.77. The van der Waals surface area contributed by atoms with Gasteiger partial charge in [0.1, 0.15) is 5.75 Å². The fraction of sp³-hybridized carbons (Fsp3) is 0. The van der Waals surface area contributed by atoms with Crippen LogP contribution in [0.1, 0.15) is 0 Å². The summed E-state index contributed by atoms with van der Waals surface area (Å²) < 4.78 is 23.9. The van der Waals surface area contributed by atoms with Crippen molar-refractivity contribution < 1.29 is 13.3 Å². The predicted octanol–water partition coefficient (Wildman–Crippen LogP) is 2.02. The van der Waals surface area contributed by atoms with Crippen molar-refractivity contribution in [1.29, 1.82) is 0 Å². The molecule has 8 nitrogen and oxygen atoms in total. The molecule has 4 aromatic rings. The minimum absolute atomic E-state index is 0.160. The maximum Gasteiger partial charge on any atom is 0.267 e. The molecule has 0 saturated heterocycles. The number of fused-ring (bicyclic) bond motifs is 1. The quantitative estimate of drug-likeness (QED) is 0.516. The first kappa shape index (κ1) is 16.7. The zero-order valence-electron chi connectivity index (χ0n) is 13.2. The molecule has 26 heavy (non-hydrogen) atoms. The first-order valence-electron chi connectivity index (χ1n) is 7.41. The molecule has 132 valence electrons. The van der Waals surface area contributed by atoms with Crippen molar-refractivity contribution in [3.63, 3.8) is 0 Å². The number of nitrogens with two attached hydrogens (primary N) is 2. The van der Waals surface area contributed by atoms with Crippen molar-refractivity contribution >= 4 is 26.3 Å². The highest BCUT2D eigenvalue weighted by molar-refractivity contribution is 7.91. The number of imidazole rings is 1. The smallest absolute Gasteiger partial charge is 0.267 e. The van der Waals surface area contributed by atoms with Crippen LogP contribution in [-0.4, -0.2) is 23.0 Å². The minimum atomic E-state index is -3.82. The Kier molecular flexibility index (Phi) is 3.96. The van der Waals surface area contributed by atoms with Crippen LogP contribution in [0.2, 0.25) is 0 Å². The molecule has 4 N–H and O–H groups in total. The molecule has 0 bridgehead atoms. The molecular formula is C16H13N5O3S2. The molecule has 0 fully saturated rings. The lowest BCUT2D eigenvalue weighted by Gasteiger charge is -2.04. The van der Waals surface area contributed by atoms with Gasteiger partial charge in [0.2, 0.25) is 9.30 Å². The second-order valence-electron chi connectivity index (χ2n) is 5.49. The van der Waals surface area contributed by atoms with E-state index in [1.807, 2.05) is 36.4 Å². The maximum absolute atomic E-state index is 11.3. The van der Waals surface area contributed by atoms with Crippen LogP contribution in [0.3, 0.4) is 0 Å². The van der Waals surface area contributed by atoms with E-state index in [2.05, 4.69) is 14.9 Å². The Balaban J connectivity index is 1.63. The highest BCUT2D eigenvalue weighted by Crippen LogP contribution is 2.27. The SMILES string of the molecule is NOc1ccc(-c2ccc(-c3cn4nc(S(N)(=O)=O)sc4n3)cc2)cc1. The Morgan fingerprint density at radius 1 is 0.962 bits per heavy atom. The molecule has 0 aliphatic carbocycles. The van der Waals surface area contributed by atoms with Gasteiger partial charge >= 0.3 is 0 Å². The minimum Gasteiger partial charge on any atom is -0.412 e. The summed E-state index contributed by atoms with van der Waals surface area (Å²) in [6, 6.07) is 15.3. The van der Waals surface area contributed by atoms with Gasteiger partial charge < -0.3 is 4.84 Å². The van der Waals surface area contributed by atoms with Crippen LogP contribution in [-0.2, 0) is 10.0 Å². The molecule has 2 aromatic carbocycles.